The summed E-state index contributed by atoms with van der Waals surface area (Å²) in [7, 11) is 0. The van der Waals surface area contributed by atoms with Gasteiger partial charge < -0.3 is 5.32 Å². The molecule has 0 bridgehead atoms. The molecular weight excluding hydrogens is 484 g/mol. The molecule has 3 heterocycles. The number of hydrogen-bond donors (Lipinski definition) is 1. The van der Waals surface area contributed by atoms with Gasteiger partial charge in [-0.25, -0.2) is 18.4 Å². The number of rotatable bonds is 6. The van der Waals surface area contributed by atoms with E-state index in [9.17, 15) is 18.4 Å². The molecule has 0 atom stereocenters. The molecule has 1 amide bonds. The van der Waals surface area contributed by atoms with Crippen molar-refractivity contribution < 1.29 is 13.6 Å². The predicted octanol–water partition coefficient (Wildman–Crippen LogP) is 4.36. The molecule has 5 rings (SSSR count). The molecule has 5 aromatic rings. The first-order valence-corrected chi connectivity index (χ1v) is 12.0. The third-order valence-electron chi connectivity index (χ3n) is 5.76. The zero-order valence-electron chi connectivity index (χ0n) is 19.5. The van der Waals surface area contributed by atoms with Crippen LogP contribution in [0.3, 0.4) is 0 Å². The van der Waals surface area contributed by atoms with Crippen molar-refractivity contribution in [3.05, 3.63) is 105 Å². The molecule has 1 N–H and O–H groups in total. The van der Waals surface area contributed by atoms with Crippen LogP contribution in [-0.2, 0) is 17.8 Å². The van der Waals surface area contributed by atoms with Crippen LogP contribution in [0.4, 0.5) is 8.78 Å². The molecular formula is C26H21F2N5O2S. The molecule has 0 aliphatic carbocycles. The lowest BCUT2D eigenvalue weighted by Gasteiger charge is -2.07. The summed E-state index contributed by atoms with van der Waals surface area (Å²) < 4.78 is 29.8. The maximum atomic E-state index is 13.7. The van der Waals surface area contributed by atoms with E-state index in [1.807, 2.05) is 6.92 Å². The van der Waals surface area contributed by atoms with Gasteiger partial charge in [0.2, 0.25) is 5.91 Å². The van der Waals surface area contributed by atoms with E-state index < -0.39 is 0 Å². The molecule has 0 aliphatic rings. The molecule has 182 valence electrons. The van der Waals surface area contributed by atoms with E-state index in [4.69, 9.17) is 0 Å². The first kappa shape index (κ1) is 23.6. The summed E-state index contributed by atoms with van der Waals surface area (Å²) in [4.78, 5) is 31.2. The van der Waals surface area contributed by atoms with Crippen molar-refractivity contribution in [1.29, 1.82) is 0 Å². The van der Waals surface area contributed by atoms with Crippen LogP contribution in [0.15, 0.2) is 64.8 Å². The summed E-state index contributed by atoms with van der Waals surface area (Å²) in [5.41, 5.74) is 3.45. The average molecular weight is 506 g/mol. The van der Waals surface area contributed by atoms with Gasteiger partial charge in [-0.05, 0) is 55.8 Å². The molecule has 2 aromatic carbocycles. The lowest BCUT2D eigenvalue weighted by atomic mass is 10.1. The number of aromatic nitrogens is 4. The Kier molecular flexibility index (Phi) is 6.19. The molecule has 36 heavy (non-hydrogen) atoms. The van der Waals surface area contributed by atoms with Gasteiger partial charge in [-0.2, -0.15) is 5.10 Å². The van der Waals surface area contributed by atoms with Gasteiger partial charge in [0.25, 0.3) is 5.56 Å². The standard InChI is InChI=1S/C26H21F2N5O2S/c1-15-10-22(31-33(15)20-5-3-4-19(28)11-20)24-16(2)30-26-32(25(24)35)21(14-36-26)12-23(34)29-13-17-6-8-18(27)9-7-17/h3-11,14H,12-13H2,1-2H3,(H,29,34). The number of fused-ring (bicyclic) bond motifs is 1. The van der Waals surface area contributed by atoms with Crippen LogP contribution in [0, 0.1) is 25.5 Å². The molecule has 0 unspecified atom stereocenters. The molecule has 7 nitrogen and oxygen atoms in total. The molecule has 0 saturated heterocycles. The van der Waals surface area contributed by atoms with Gasteiger partial charge in [0.1, 0.15) is 17.3 Å². The zero-order chi connectivity index (χ0) is 25.4. The number of aryl methyl sites for hydroxylation is 2. The van der Waals surface area contributed by atoms with E-state index in [-0.39, 0.29) is 36.1 Å². The lowest BCUT2D eigenvalue weighted by Crippen LogP contribution is -2.27. The second kappa shape index (κ2) is 9.46. The van der Waals surface area contributed by atoms with Gasteiger partial charge in [0.05, 0.1) is 23.4 Å². The minimum atomic E-state index is -0.385. The summed E-state index contributed by atoms with van der Waals surface area (Å²) in [6, 6.07) is 13.7. The van der Waals surface area contributed by atoms with Crippen molar-refractivity contribution in [3.63, 3.8) is 0 Å². The molecule has 0 radical (unpaired) electrons. The maximum absolute atomic E-state index is 13.7. The van der Waals surface area contributed by atoms with Crippen LogP contribution in [0.25, 0.3) is 21.9 Å². The molecule has 0 spiro atoms. The van der Waals surface area contributed by atoms with Crippen LogP contribution in [0.5, 0.6) is 0 Å². The van der Waals surface area contributed by atoms with Crippen molar-refractivity contribution in [1.82, 2.24) is 24.5 Å². The van der Waals surface area contributed by atoms with Crippen molar-refractivity contribution in [2.45, 2.75) is 26.8 Å². The number of hydrogen-bond acceptors (Lipinski definition) is 5. The average Bonchev–Trinajstić information content (AvgIpc) is 3.42. The van der Waals surface area contributed by atoms with Crippen molar-refractivity contribution >= 4 is 22.2 Å². The van der Waals surface area contributed by atoms with E-state index in [1.54, 1.807) is 47.3 Å². The highest BCUT2D eigenvalue weighted by Gasteiger charge is 2.20. The molecule has 0 fully saturated rings. The smallest absolute Gasteiger partial charge is 0.268 e. The second-order valence-corrected chi connectivity index (χ2v) is 9.20. The number of nitrogens with zero attached hydrogens (tertiary/aromatic N) is 4. The normalized spacial score (nSPS) is 11.2. The fourth-order valence-corrected chi connectivity index (χ4v) is 4.95. The van der Waals surface area contributed by atoms with Crippen molar-refractivity contribution in [2.75, 3.05) is 0 Å². The molecule has 3 aromatic heterocycles. The SMILES string of the molecule is Cc1nc2scc(CC(=O)NCc3ccc(F)cc3)n2c(=O)c1-c1cc(C)n(-c2cccc(F)c2)n1. The highest BCUT2D eigenvalue weighted by molar-refractivity contribution is 7.15. The Hall–Kier alpha value is -4.18. The molecule has 0 saturated carbocycles. The van der Waals surface area contributed by atoms with Crippen LogP contribution >= 0.6 is 11.3 Å². The molecule has 0 aliphatic heterocycles. The maximum Gasteiger partial charge on any atom is 0.268 e. The highest BCUT2D eigenvalue weighted by Crippen LogP contribution is 2.23. The quantitative estimate of drug-likeness (QED) is 0.372. The monoisotopic (exact) mass is 505 g/mol. The first-order valence-electron chi connectivity index (χ1n) is 11.1. The topological polar surface area (TPSA) is 81.3 Å². The zero-order valence-corrected chi connectivity index (χ0v) is 20.3. The predicted molar refractivity (Wildman–Crippen MR) is 133 cm³/mol. The van der Waals surface area contributed by atoms with E-state index >= 15 is 0 Å². The summed E-state index contributed by atoms with van der Waals surface area (Å²) in [5.74, 6) is -1.01. The Morgan fingerprint density at radius 3 is 2.58 bits per heavy atom. The number of carbonyl (C=O) groups is 1. The van der Waals surface area contributed by atoms with Gasteiger partial charge in [0.15, 0.2) is 4.96 Å². The van der Waals surface area contributed by atoms with Crippen LogP contribution in [0.1, 0.15) is 22.6 Å². The summed E-state index contributed by atoms with van der Waals surface area (Å²) in [6.45, 7) is 3.80. The summed E-state index contributed by atoms with van der Waals surface area (Å²) in [5, 5.41) is 9.09. The number of amides is 1. The molecule has 10 heteroatoms. The van der Waals surface area contributed by atoms with Crippen molar-refractivity contribution in [2.24, 2.45) is 0 Å². The number of carbonyl (C=O) groups excluding carboxylic acids is 1. The van der Waals surface area contributed by atoms with Crippen LogP contribution in [0.2, 0.25) is 0 Å². The Morgan fingerprint density at radius 2 is 1.83 bits per heavy atom. The van der Waals surface area contributed by atoms with Crippen molar-refractivity contribution in [3.8, 4) is 16.9 Å². The van der Waals surface area contributed by atoms with Gasteiger partial charge in [0, 0.05) is 23.3 Å². The Bertz CT molecular complexity index is 1650. The Labute approximate surface area is 208 Å². The van der Waals surface area contributed by atoms with Crippen LogP contribution < -0.4 is 10.9 Å². The Morgan fingerprint density at radius 1 is 1.06 bits per heavy atom. The third kappa shape index (κ3) is 4.55. The summed E-state index contributed by atoms with van der Waals surface area (Å²) >= 11 is 1.27. The van der Waals surface area contributed by atoms with Gasteiger partial charge in [-0.3, -0.25) is 14.0 Å². The van der Waals surface area contributed by atoms with E-state index in [1.165, 1.54) is 40.0 Å². The number of halogens is 2. The number of nitrogens with one attached hydrogen (secondary N) is 1. The minimum absolute atomic E-state index is 0.0258. The summed E-state index contributed by atoms with van der Waals surface area (Å²) in [6.07, 6.45) is -0.0258. The van der Waals surface area contributed by atoms with E-state index in [0.717, 1.165) is 11.3 Å². The first-order chi connectivity index (χ1) is 17.3. The van der Waals surface area contributed by atoms with E-state index in [0.29, 0.717) is 33.3 Å². The minimum Gasteiger partial charge on any atom is -0.352 e. The second-order valence-electron chi connectivity index (χ2n) is 8.36. The highest BCUT2D eigenvalue weighted by atomic mass is 32.1. The fraction of sp³-hybridized carbons (Fsp3) is 0.154. The number of benzene rings is 2. The van der Waals surface area contributed by atoms with Gasteiger partial charge in [-0.15, -0.1) is 11.3 Å². The Balaban J connectivity index is 1.46. The lowest BCUT2D eigenvalue weighted by molar-refractivity contribution is -0.120. The fourth-order valence-electron chi connectivity index (χ4n) is 4.02. The van der Waals surface area contributed by atoms with Crippen LogP contribution in [-0.4, -0.2) is 25.1 Å². The van der Waals surface area contributed by atoms with Gasteiger partial charge >= 0.3 is 0 Å². The third-order valence-corrected chi connectivity index (χ3v) is 6.64. The van der Waals surface area contributed by atoms with Gasteiger partial charge in [-0.1, -0.05) is 18.2 Å². The largest absolute Gasteiger partial charge is 0.352 e. The van der Waals surface area contributed by atoms with E-state index in [2.05, 4.69) is 15.4 Å². The number of thiazole rings is 1.